The second kappa shape index (κ2) is 6.03. The molecule has 1 fully saturated rings. The van der Waals surface area contributed by atoms with Crippen LogP contribution in [0, 0.1) is 0 Å². The Morgan fingerprint density at radius 2 is 2.05 bits per heavy atom. The lowest BCUT2D eigenvalue weighted by atomic mass is 9.90. The summed E-state index contributed by atoms with van der Waals surface area (Å²) >= 11 is 1.98. The number of benzene rings is 1. The van der Waals surface area contributed by atoms with Crippen LogP contribution in [0.2, 0.25) is 0 Å². The smallest absolute Gasteiger partial charge is 0.161 e. The van der Waals surface area contributed by atoms with Gasteiger partial charge >= 0.3 is 0 Å². The van der Waals surface area contributed by atoms with E-state index in [-0.39, 0.29) is 10.8 Å². The fourth-order valence-electron chi connectivity index (χ4n) is 2.69. The normalized spacial score (nSPS) is 24.2. The first-order valence-corrected chi connectivity index (χ1v) is 7.45. The van der Waals surface area contributed by atoms with Crippen molar-refractivity contribution in [3.8, 4) is 11.5 Å². The molecule has 1 aromatic carbocycles. The Hall–Kier alpha value is -0.910. The van der Waals surface area contributed by atoms with Gasteiger partial charge < -0.3 is 9.47 Å². The molecular weight excluding hydrogens is 260 g/mol. The van der Waals surface area contributed by atoms with Gasteiger partial charge in [0.25, 0.3) is 0 Å². The molecule has 0 aliphatic carbocycles. The van der Waals surface area contributed by atoms with Crippen LogP contribution in [0.5, 0.6) is 11.5 Å². The van der Waals surface area contributed by atoms with Gasteiger partial charge in [0.2, 0.25) is 0 Å². The zero-order valence-corrected chi connectivity index (χ0v) is 12.5. The molecule has 3 N–H and O–H groups in total. The molecule has 1 aromatic rings. The van der Waals surface area contributed by atoms with Crippen molar-refractivity contribution in [2.24, 2.45) is 5.84 Å². The third-order valence-electron chi connectivity index (χ3n) is 3.77. The summed E-state index contributed by atoms with van der Waals surface area (Å²) in [7, 11) is 3.29. The SMILES string of the molecule is COc1ccc(C(NN)C2(C)CCCS2)cc1OC. The van der Waals surface area contributed by atoms with Crippen LogP contribution in [-0.2, 0) is 0 Å². The number of nitrogens with two attached hydrogens (primary N) is 1. The summed E-state index contributed by atoms with van der Waals surface area (Å²) in [6.45, 7) is 2.27. The van der Waals surface area contributed by atoms with E-state index in [1.165, 1.54) is 18.6 Å². The Morgan fingerprint density at radius 1 is 1.32 bits per heavy atom. The molecule has 19 heavy (non-hydrogen) atoms. The first kappa shape index (κ1) is 14.5. The molecule has 1 heterocycles. The molecule has 106 valence electrons. The first-order valence-electron chi connectivity index (χ1n) is 6.46. The lowest BCUT2D eigenvalue weighted by Crippen LogP contribution is -2.41. The van der Waals surface area contributed by atoms with Crippen LogP contribution in [0.4, 0.5) is 0 Å². The van der Waals surface area contributed by atoms with E-state index >= 15 is 0 Å². The molecule has 0 radical (unpaired) electrons. The number of rotatable bonds is 5. The number of hydrogen-bond acceptors (Lipinski definition) is 5. The summed E-state index contributed by atoms with van der Waals surface area (Å²) in [5.41, 5.74) is 4.11. The summed E-state index contributed by atoms with van der Waals surface area (Å²) < 4.78 is 10.8. The van der Waals surface area contributed by atoms with Crippen molar-refractivity contribution in [1.29, 1.82) is 0 Å². The van der Waals surface area contributed by atoms with Crippen molar-refractivity contribution in [3.63, 3.8) is 0 Å². The van der Waals surface area contributed by atoms with Crippen LogP contribution in [-0.4, -0.2) is 24.7 Å². The van der Waals surface area contributed by atoms with Gasteiger partial charge in [-0.1, -0.05) is 6.07 Å². The molecule has 0 amide bonds. The maximum atomic E-state index is 5.80. The molecule has 1 aliphatic heterocycles. The van der Waals surface area contributed by atoms with Crippen LogP contribution >= 0.6 is 11.8 Å². The minimum Gasteiger partial charge on any atom is -0.493 e. The van der Waals surface area contributed by atoms with Gasteiger partial charge in [0, 0.05) is 4.75 Å². The van der Waals surface area contributed by atoms with Gasteiger partial charge in [-0.15, -0.1) is 0 Å². The quantitative estimate of drug-likeness (QED) is 0.642. The van der Waals surface area contributed by atoms with Crippen LogP contribution < -0.4 is 20.7 Å². The van der Waals surface area contributed by atoms with E-state index < -0.39 is 0 Å². The Morgan fingerprint density at radius 3 is 2.58 bits per heavy atom. The second-order valence-electron chi connectivity index (χ2n) is 4.98. The highest BCUT2D eigenvalue weighted by atomic mass is 32.2. The summed E-state index contributed by atoms with van der Waals surface area (Å²) in [4.78, 5) is 0. The van der Waals surface area contributed by atoms with E-state index in [1.54, 1.807) is 14.2 Å². The molecule has 5 heteroatoms. The highest BCUT2D eigenvalue weighted by molar-refractivity contribution is 8.00. The fraction of sp³-hybridized carbons (Fsp3) is 0.571. The average Bonchev–Trinajstić information content (AvgIpc) is 2.86. The van der Waals surface area contributed by atoms with Crippen molar-refractivity contribution in [2.75, 3.05) is 20.0 Å². The molecule has 4 nitrogen and oxygen atoms in total. The number of methoxy groups -OCH3 is 2. The Bertz CT molecular complexity index is 433. The van der Waals surface area contributed by atoms with E-state index in [4.69, 9.17) is 15.3 Å². The number of thioether (sulfide) groups is 1. The number of nitrogens with one attached hydrogen (secondary N) is 1. The molecule has 0 bridgehead atoms. The lowest BCUT2D eigenvalue weighted by molar-refractivity contribution is 0.352. The van der Waals surface area contributed by atoms with E-state index in [0.717, 1.165) is 17.1 Å². The van der Waals surface area contributed by atoms with Gasteiger partial charge in [-0.3, -0.25) is 11.3 Å². The number of ether oxygens (including phenoxy) is 2. The van der Waals surface area contributed by atoms with Gasteiger partial charge in [-0.25, -0.2) is 0 Å². The van der Waals surface area contributed by atoms with Gasteiger partial charge in [0.15, 0.2) is 11.5 Å². The summed E-state index contributed by atoms with van der Waals surface area (Å²) in [5.74, 6) is 8.48. The predicted molar refractivity (Wildman–Crippen MR) is 79.7 cm³/mol. The van der Waals surface area contributed by atoms with Gasteiger partial charge in [-0.05, 0) is 43.2 Å². The molecule has 2 atom stereocenters. The maximum Gasteiger partial charge on any atom is 0.161 e. The highest BCUT2D eigenvalue weighted by Gasteiger charge is 2.38. The Labute approximate surface area is 119 Å². The van der Waals surface area contributed by atoms with Crippen molar-refractivity contribution >= 4 is 11.8 Å². The van der Waals surface area contributed by atoms with E-state index in [9.17, 15) is 0 Å². The molecule has 0 saturated carbocycles. The predicted octanol–water partition coefficient (Wildman–Crippen LogP) is 2.49. The van der Waals surface area contributed by atoms with Crippen molar-refractivity contribution in [2.45, 2.75) is 30.6 Å². The Balaban J connectivity index is 2.33. The molecular formula is C14H22N2O2S. The average molecular weight is 282 g/mol. The second-order valence-corrected chi connectivity index (χ2v) is 6.61. The molecule has 2 rings (SSSR count). The Kier molecular flexibility index (Phi) is 4.60. The molecule has 0 aromatic heterocycles. The first-order chi connectivity index (χ1) is 9.14. The third kappa shape index (κ3) is 2.83. The van der Waals surface area contributed by atoms with Crippen molar-refractivity contribution in [1.82, 2.24) is 5.43 Å². The maximum absolute atomic E-state index is 5.80. The minimum absolute atomic E-state index is 0.111. The monoisotopic (exact) mass is 282 g/mol. The zero-order valence-electron chi connectivity index (χ0n) is 11.7. The standard InChI is InChI=1S/C14H22N2O2S/c1-14(7-4-8-19-14)13(16-15)10-5-6-11(17-2)12(9-10)18-3/h5-6,9,13,16H,4,7-8,15H2,1-3H3. The molecule has 2 unspecified atom stereocenters. The van der Waals surface area contributed by atoms with Crippen LogP contribution in [0.3, 0.4) is 0 Å². The van der Waals surface area contributed by atoms with Crippen molar-refractivity contribution in [3.05, 3.63) is 23.8 Å². The molecule has 0 spiro atoms. The van der Waals surface area contributed by atoms with Gasteiger partial charge in [-0.2, -0.15) is 11.8 Å². The highest BCUT2D eigenvalue weighted by Crippen LogP contribution is 2.47. The van der Waals surface area contributed by atoms with Crippen LogP contribution in [0.15, 0.2) is 18.2 Å². The van der Waals surface area contributed by atoms with Crippen LogP contribution in [0.1, 0.15) is 31.4 Å². The molecule has 1 saturated heterocycles. The summed E-state index contributed by atoms with van der Waals surface area (Å²) in [6.07, 6.45) is 2.41. The van der Waals surface area contributed by atoms with Gasteiger partial charge in [0.05, 0.1) is 20.3 Å². The lowest BCUT2D eigenvalue weighted by Gasteiger charge is -2.33. The van der Waals surface area contributed by atoms with Crippen LogP contribution in [0.25, 0.3) is 0 Å². The minimum atomic E-state index is 0.111. The van der Waals surface area contributed by atoms with E-state index in [1.807, 2.05) is 23.9 Å². The third-order valence-corrected chi connectivity index (χ3v) is 5.36. The van der Waals surface area contributed by atoms with Gasteiger partial charge in [0.1, 0.15) is 0 Å². The molecule has 1 aliphatic rings. The van der Waals surface area contributed by atoms with Crippen molar-refractivity contribution < 1.29 is 9.47 Å². The summed E-state index contributed by atoms with van der Waals surface area (Å²) in [5, 5.41) is 0. The number of hydrazine groups is 1. The zero-order chi connectivity index (χ0) is 13.9. The summed E-state index contributed by atoms with van der Waals surface area (Å²) in [6, 6.07) is 6.10. The van der Waals surface area contributed by atoms with E-state index in [0.29, 0.717) is 0 Å². The largest absolute Gasteiger partial charge is 0.493 e. The fourth-order valence-corrected chi connectivity index (χ4v) is 4.10. The number of hydrogen-bond donors (Lipinski definition) is 2. The van der Waals surface area contributed by atoms with E-state index in [2.05, 4.69) is 18.4 Å². The topological polar surface area (TPSA) is 56.5 Å².